The summed E-state index contributed by atoms with van der Waals surface area (Å²) >= 11 is 1.68. The van der Waals surface area contributed by atoms with Gasteiger partial charge in [-0.25, -0.2) is 0 Å². The molecule has 5 heteroatoms. The van der Waals surface area contributed by atoms with Crippen LogP contribution in [0.1, 0.15) is 11.8 Å². The van der Waals surface area contributed by atoms with Crippen molar-refractivity contribution in [1.82, 2.24) is 10.2 Å². The minimum atomic E-state index is -0.0000813. The first kappa shape index (κ1) is 17.2. The van der Waals surface area contributed by atoms with E-state index in [1.54, 1.807) is 17.4 Å². The van der Waals surface area contributed by atoms with E-state index in [4.69, 9.17) is 0 Å². The lowest BCUT2D eigenvalue weighted by molar-refractivity contribution is -0.134. The number of carbonyl (C=O) groups excluding carboxylic acids is 1. The van der Waals surface area contributed by atoms with Crippen molar-refractivity contribution < 1.29 is 4.79 Å². The zero-order chi connectivity index (χ0) is 12.7. The van der Waals surface area contributed by atoms with Gasteiger partial charge in [0, 0.05) is 23.9 Å². The Labute approximate surface area is 119 Å². The fraction of sp³-hybridized carbons (Fsp3) is 0.462. The molecular formula is C13H21ClN2OS. The molecule has 0 aliphatic heterocycles. The number of amides is 1. The van der Waals surface area contributed by atoms with Crippen LogP contribution in [-0.2, 0) is 11.3 Å². The molecule has 1 rings (SSSR count). The molecule has 102 valence electrons. The van der Waals surface area contributed by atoms with Crippen LogP contribution in [0.15, 0.2) is 30.2 Å². The number of thiophene rings is 1. The Bertz CT molecular complexity index is 354. The fourth-order valence-electron chi connectivity index (χ4n) is 1.68. The molecule has 3 nitrogen and oxygen atoms in total. The molecular weight excluding hydrogens is 268 g/mol. The highest BCUT2D eigenvalue weighted by molar-refractivity contribution is 7.09. The molecule has 18 heavy (non-hydrogen) atoms. The van der Waals surface area contributed by atoms with Crippen molar-refractivity contribution >= 4 is 29.7 Å². The molecule has 0 fully saturated rings. The quantitative estimate of drug-likeness (QED) is 0.782. The van der Waals surface area contributed by atoms with Crippen LogP contribution in [0.3, 0.4) is 0 Å². The van der Waals surface area contributed by atoms with Crippen LogP contribution in [0, 0.1) is 5.92 Å². The number of carbonyl (C=O) groups is 1. The highest BCUT2D eigenvalue weighted by atomic mass is 35.5. The van der Waals surface area contributed by atoms with Crippen LogP contribution in [0.4, 0.5) is 0 Å². The van der Waals surface area contributed by atoms with E-state index in [0.717, 1.165) is 0 Å². The number of rotatable bonds is 7. The Morgan fingerprint density at radius 2 is 2.39 bits per heavy atom. The van der Waals surface area contributed by atoms with E-state index >= 15 is 0 Å². The maximum atomic E-state index is 12.2. The molecule has 0 spiro atoms. The third-order valence-electron chi connectivity index (χ3n) is 2.52. The molecule has 0 aliphatic carbocycles. The molecule has 0 radical (unpaired) electrons. The van der Waals surface area contributed by atoms with E-state index in [1.807, 2.05) is 30.3 Å². The van der Waals surface area contributed by atoms with Crippen molar-refractivity contribution in [3.05, 3.63) is 35.0 Å². The first-order valence-electron chi connectivity index (χ1n) is 5.75. The van der Waals surface area contributed by atoms with Crippen molar-refractivity contribution in [1.29, 1.82) is 0 Å². The van der Waals surface area contributed by atoms with Crippen LogP contribution >= 0.6 is 23.7 Å². The van der Waals surface area contributed by atoms with E-state index in [9.17, 15) is 4.79 Å². The average molecular weight is 289 g/mol. The van der Waals surface area contributed by atoms with Gasteiger partial charge in [-0.15, -0.1) is 30.3 Å². The predicted octanol–water partition coefficient (Wildman–Crippen LogP) is 2.54. The number of hydrogen-bond acceptors (Lipinski definition) is 3. The van der Waals surface area contributed by atoms with Gasteiger partial charge >= 0.3 is 0 Å². The van der Waals surface area contributed by atoms with Crippen molar-refractivity contribution in [2.75, 3.05) is 20.1 Å². The molecule has 0 bridgehead atoms. The first-order valence-corrected chi connectivity index (χ1v) is 6.63. The third-order valence-corrected chi connectivity index (χ3v) is 3.38. The minimum Gasteiger partial charge on any atom is -0.334 e. The normalized spacial score (nSPS) is 11.4. The summed E-state index contributed by atoms with van der Waals surface area (Å²) in [6.07, 6.45) is 1.78. The Kier molecular flexibility index (Phi) is 8.71. The van der Waals surface area contributed by atoms with Crippen molar-refractivity contribution in [2.24, 2.45) is 5.92 Å². The maximum Gasteiger partial charge on any atom is 0.227 e. The van der Waals surface area contributed by atoms with Gasteiger partial charge in [-0.3, -0.25) is 4.79 Å². The van der Waals surface area contributed by atoms with Crippen LogP contribution < -0.4 is 5.32 Å². The molecule has 1 aromatic rings. The molecule has 1 aromatic heterocycles. The summed E-state index contributed by atoms with van der Waals surface area (Å²) in [5, 5.41) is 5.06. The number of nitrogens with one attached hydrogen (secondary N) is 1. The Morgan fingerprint density at radius 1 is 1.67 bits per heavy atom. The second kappa shape index (κ2) is 9.14. The molecule has 1 amide bonds. The van der Waals surface area contributed by atoms with Crippen LogP contribution in [0.2, 0.25) is 0 Å². The highest BCUT2D eigenvalue weighted by Crippen LogP contribution is 2.13. The molecule has 1 heterocycles. The van der Waals surface area contributed by atoms with E-state index < -0.39 is 0 Å². The Hall–Kier alpha value is -0.840. The van der Waals surface area contributed by atoms with Gasteiger partial charge in [0.05, 0.1) is 6.54 Å². The fourth-order valence-corrected chi connectivity index (χ4v) is 2.40. The molecule has 1 unspecified atom stereocenters. The molecule has 0 saturated carbocycles. The Morgan fingerprint density at radius 3 is 2.89 bits per heavy atom. The summed E-state index contributed by atoms with van der Waals surface area (Å²) in [7, 11) is 1.86. The van der Waals surface area contributed by atoms with Crippen LogP contribution in [0.25, 0.3) is 0 Å². The SMILES string of the molecule is C=CCN(Cc1cccs1)C(=O)C(C)CNC.Cl. The van der Waals surface area contributed by atoms with Gasteiger partial charge < -0.3 is 10.2 Å². The topological polar surface area (TPSA) is 32.3 Å². The van der Waals surface area contributed by atoms with Gasteiger partial charge in [0.25, 0.3) is 0 Å². The third kappa shape index (κ3) is 5.21. The summed E-state index contributed by atoms with van der Waals surface area (Å²) in [5.74, 6) is 0.174. The highest BCUT2D eigenvalue weighted by Gasteiger charge is 2.19. The smallest absolute Gasteiger partial charge is 0.227 e. The maximum absolute atomic E-state index is 12.2. The molecule has 1 atom stereocenters. The summed E-state index contributed by atoms with van der Waals surface area (Å²) in [4.78, 5) is 15.2. The summed E-state index contributed by atoms with van der Waals surface area (Å²) < 4.78 is 0. The average Bonchev–Trinajstić information content (AvgIpc) is 2.80. The summed E-state index contributed by atoms with van der Waals surface area (Å²) in [6, 6.07) is 4.06. The van der Waals surface area contributed by atoms with Gasteiger partial charge in [0.2, 0.25) is 5.91 Å². The number of nitrogens with zero attached hydrogens (tertiary/aromatic N) is 1. The first-order chi connectivity index (χ1) is 8.19. The monoisotopic (exact) mass is 288 g/mol. The number of halogens is 1. The van der Waals surface area contributed by atoms with Gasteiger partial charge in [0.15, 0.2) is 0 Å². The second-order valence-corrected chi connectivity index (χ2v) is 5.08. The lowest BCUT2D eigenvalue weighted by Gasteiger charge is -2.24. The van der Waals surface area contributed by atoms with E-state index in [2.05, 4.69) is 18.0 Å². The lowest BCUT2D eigenvalue weighted by atomic mass is 10.1. The van der Waals surface area contributed by atoms with E-state index in [0.29, 0.717) is 19.6 Å². The van der Waals surface area contributed by atoms with E-state index in [-0.39, 0.29) is 24.2 Å². The Balaban J connectivity index is 0.00000289. The van der Waals surface area contributed by atoms with Gasteiger partial charge in [-0.1, -0.05) is 19.1 Å². The van der Waals surface area contributed by atoms with Gasteiger partial charge in [0.1, 0.15) is 0 Å². The number of hydrogen-bond donors (Lipinski definition) is 1. The molecule has 0 aliphatic rings. The largest absolute Gasteiger partial charge is 0.334 e. The van der Waals surface area contributed by atoms with Crippen molar-refractivity contribution in [3.8, 4) is 0 Å². The van der Waals surface area contributed by atoms with Crippen molar-refractivity contribution in [2.45, 2.75) is 13.5 Å². The summed E-state index contributed by atoms with van der Waals surface area (Å²) in [6.45, 7) is 7.64. The molecule has 0 aromatic carbocycles. The standard InChI is InChI=1S/C13H20N2OS.ClH/c1-4-7-15(10-12-6-5-8-17-12)13(16)11(2)9-14-3;/h4-6,8,11,14H,1,7,9-10H2,2-3H3;1H. The zero-order valence-electron chi connectivity index (χ0n) is 10.9. The second-order valence-electron chi connectivity index (χ2n) is 4.05. The zero-order valence-corrected chi connectivity index (χ0v) is 12.5. The summed E-state index contributed by atoms with van der Waals surface area (Å²) in [5.41, 5.74) is 0. The van der Waals surface area contributed by atoms with Gasteiger partial charge in [-0.2, -0.15) is 0 Å². The molecule has 0 saturated heterocycles. The van der Waals surface area contributed by atoms with Crippen molar-refractivity contribution in [3.63, 3.8) is 0 Å². The van der Waals surface area contributed by atoms with Crippen LogP contribution in [-0.4, -0.2) is 30.9 Å². The predicted molar refractivity (Wildman–Crippen MR) is 80.3 cm³/mol. The minimum absolute atomic E-state index is 0. The van der Waals surface area contributed by atoms with Crippen LogP contribution in [0.5, 0.6) is 0 Å². The molecule has 1 N–H and O–H groups in total. The lowest BCUT2D eigenvalue weighted by Crippen LogP contribution is -2.38. The van der Waals surface area contributed by atoms with Gasteiger partial charge in [-0.05, 0) is 18.5 Å². The van der Waals surface area contributed by atoms with E-state index in [1.165, 1.54) is 4.88 Å².